The normalized spacial score (nSPS) is 18.6. The van der Waals surface area contributed by atoms with Crippen LogP contribution in [0.15, 0.2) is 29.3 Å². The Bertz CT molecular complexity index is 710. The van der Waals surface area contributed by atoms with Crippen molar-refractivity contribution < 1.29 is 4.79 Å². The molecule has 1 aromatic carbocycles. The lowest BCUT2D eigenvalue weighted by Gasteiger charge is -2.34. The van der Waals surface area contributed by atoms with Crippen molar-refractivity contribution in [3.8, 4) is 0 Å². The van der Waals surface area contributed by atoms with E-state index < -0.39 is 0 Å². The van der Waals surface area contributed by atoms with E-state index in [1.54, 1.807) is 7.05 Å². The molecular formula is C25H42IN5O. The molecule has 2 aliphatic heterocycles. The van der Waals surface area contributed by atoms with E-state index in [2.05, 4.69) is 51.6 Å². The van der Waals surface area contributed by atoms with E-state index in [1.807, 2.05) is 0 Å². The third kappa shape index (κ3) is 8.89. The van der Waals surface area contributed by atoms with Crippen molar-refractivity contribution in [2.24, 2.45) is 10.9 Å². The quantitative estimate of drug-likeness (QED) is 0.304. The summed E-state index contributed by atoms with van der Waals surface area (Å²) in [6.45, 7) is 9.11. The number of amides is 1. The van der Waals surface area contributed by atoms with Gasteiger partial charge in [0.05, 0.1) is 6.54 Å². The highest BCUT2D eigenvalue weighted by atomic mass is 127. The van der Waals surface area contributed by atoms with Crippen molar-refractivity contribution in [3.63, 3.8) is 0 Å². The summed E-state index contributed by atoms with van der Waals surface area (Å²) in [5.74, 6) is 1.63. The average Bonchev–Trinajstić information content (AvgIpc) is 3.06. The summed E-state index contributed by atoms with van der Waals surface area (Å²) in [6, 6.07) is 8.94. The fourth-order valence-corrected chi connectivity index (χ4v) is 4.68. The Kier molecular flexibility index (Phi) is 12.4. The molecule has 0 spiro atoms. The number of hydrogen-bond donors (Lipinski definition) is 2. The summed E-state index contributed by atoms with van der Waals surface area (Å²) in [4.78, 5) is 21.6. The summed E-state index contributed by atoms with van der Waals surface area (Å²) in [7, 11) is 1.72. The van der Waals surface area contributed by atoms with Gasteiger partial charge in [0.25, 0.3) is 0 Å². The molecule has 3 rings (SSSR count). The molecule has 1 aromatic rings. The predicted molar refractivity (Wildman–Crippen MR) is 143 cm³/mol. The number of carbonyl (C=O) groups is 1. The smallest absolute Gasteiger partial charge is 0.220 e. The molecule has 2 fully saturated rings. The lowest BCUT2D eigenvalue weighted by molar-refractivity contribution is -0.121. The van der Waals surface area contributed by atoms with Crippen LogP contribution in [0.5, 0.6) is 0 Å². The largest absolute Gasteiger partial charge is 0.359 e. The van der Waals surface area contributed by atoms with Crippen LogP contribution in [0, 0.1) is 5.92 Å². The van der Waals surface area contributed by atoms with Gasteiger partial charge in [0.1, 0.15) is 0 Å². The van der Waals surface area contributed by atoms with E-state index in [1.165, 1.54) is 49.9 Å². The molecule has 32 heavy (non-hydrogen) atoms. The van der Waals surface area contributed by atoms with Crippen molar-refractivity contribution >= 4 is 35.8 Å². The van der Waals surface area contributed by atoms with Crippen LogP contribution < -0.4 is 10.6 Å². The minimum atomic E-state index is 0. The first-order valence-corrected chi connectivity index (χ1v) is 12.2. The van der Waals surface area contributed by atoms with Crippen LogP contribution in [0.25, 0.3) is 0 Å². The zero-order valence-corrected chi connectivity index (χ0v) is 22.3. The molecule has 2 heterocycles. The molecule has 2 N–H and O–H groups in total. The number of hydrogen-bond acceptors (Lipinski definition) is 3. The molecule has 0 saturated carbocycles. The Morgan fingerprint density at radius 3 is 2.41 bits per heavy atom. The molecule has 2 saturated heterocycles. The summed E-state index contributed by atoms with van der Waals surface area (Å²) in [6.07, 6.45) is 8.14. The Morgan fingerprint density at radius 2 is 1.75 bits per heavy atom. The molecular weight excluding hydrogens is 513 g/mol. The van der Waals surface area contributed by atoms with Gasteiger partial charge in [-0.2, -0.15) is 0 Å². The summed E-state index contributed by atoms with van der Waals surface area (Å²) < 4.78 is 0. The van der Waals surface area contributed by atoms with E-state index in [0.29, 0.717) is 18.9 Å². The number of nitrogens with one attached hydrogen (secondary N) is 2. The van der Waals surface area contributed by atoms with Gasteiger partial charge in [0.15, 0.2) is 5.96 Å². The molecule has 0 aromatic heterocycles. The van der Waals surface area contributed by atoms with Gasteiger partial charge in [0.2, 0.25) is 5.91 Å². The van der Waals surface area contributed by atoms with Gasteiger partial charge in [-0.25, -0.2) is 4.99 Å². The van der Waals surface area contributed by atoms with Crippen molar-refractivity contribution in [1.29, 1.82) is 0 Å². The Labute approximate surface area is 211 Å². The van der Waals surface area contributed by atoms with Gasteiger partial charge in [-0.3, -0.25) is 9.69 Å². The molecule has 2 aliphatic rings. The minimum absolute atomic E-state index is 0. The zero-order valence-electron chi connectivity index (χ0n) is 19.9. The summed E-state index contributed by atoms with van der Waals surface area (Å²) >= 11 is 0. The lowest BCUT2D eigenvalue weighted by Crippen LogP contribution is -2.46. The SMILES string of the molecule is CCNC(=NCc1cccc(CN2CCCCCC2)c1)N1CCC(CC(=O)NC)CC1.I. The maximum atomic E-state index is 11.7. The third-order valence-electron chi connectivity index (χ3n) is 6.51. The molecule has 6 nitrogen and oxygen atoms in total. The van der Waals surface area contributed by atoms with Gasteiger partial charge >= 0.3 is 0 Å². The van der Waals surface area contributed by atoms with Crippen molar-refractivity contribution in [1.82, 2.24) is 20.4 Å². The lowest BCUT2D eigenvalue weighted by atomic mass is 9.93. The monoisotopic (exact) mass is 555 g/mol. The highest BCUT2D eigenvalue weighted by Crippen LogP contribution is 2.21. The number of nitrogens with zero attached hydrogens (tertiary/aromatic N) is 3. The Balaban J connectivity index is 0.00000363. The first-order chi connectivity index (χ1) is 15.2. The number of guanidine groups is 1. The molecule has 0 atom stereocenters. The van der Waals surface area contributed by atoms with E-state index >= 15 is 0 Å². The fraction of sp³-hybridized carbons (Fsp3) is 0.680. The highest BCUT2D eigenvalue weighted by Gasteiger charge is 2.23. The first kappa shape index (κ1) is 26.9. The molecule has 7 heteroatoms. The second kappa shape index (κ2) is 14.7. The molecule has 0 bridgehead atoms. The number of aliphatic imine (C=N–C) groups is 1. The second-order valence-electron chi connectivity index (χ2n) is 8.99. The van der Waals surface area contributed by atoms with Gasteiger partial charge in [-0.05, 0) is 62.7 Å². The van der Waals surface area contributed by atoms with Crippen molar-refractivity contribution in [2.75, 3.05) is 39.8 Å². The van der Waals surface area contributed by atoms with E-state index in [-0.39, 0.29) is 29.9 Å². The number of halogens is 1. The van der Waals surface area contributed by atoms with Gasteiger partial charge in [-0.15, -0.1) is 24.0 Å². The minimum Gasteiger partial charge on any atom is -0.359 e. The number of carbonyl (C=O) groups excluding carboxylic acids is 1. The molecule has 0 radical (unpaired) electrons. The van der Waals surface area contributed by atoms with Crippen LogP contribution in [0.2, 0.25) is 0 Å². The fourth-order valence-electron chi connectivity index (χ4n) is 4.68. The summed E-state index contributed by atoms with van der Waals surface area (Å²) in [5, 5.41) is 6.21. The number of piperidine rings is 1. The van der Waals surface area contributed by atoms with E-state index in [4.69, 9.17) is 4.99 Å². The summed E-state index contributed by atoms with van der Waals surface area (Å²) in [5.41, 5.74) is 2.67. The maximum Gasteiger partial charge on any atom is 0.220 e. The molecule has 0 aliphatic carbocycles. The highest BCUT2D eigenvalue weighted by molar-refractivity contribution is 14.0. The average molecular weight is 556 g/mol. The topological polar surface area (TPSA) is 60.0 Å². The number of rotatable bonds is 7. The Hall–Kier alpha value is -1.35. The van der Waals surface area contributed by atoms with Crippen molar-refractivity contribution in [3.05, 3.63) is 35.4 Å². The van der Waals surface area contributed by atoms with Gasteiger partial charge in [-0.1, -0.05) is 37.1 Å². The van der Waals surface area contributed by atoms with Crippen LogP contribution >= 0.6 is 24.0 Å². The first-order valence-electron chi connectivity index (χ1n) is 12.2. The van der Waals surface area contributed by atoms with Crippen LogP contribution in [-0.2, 0) is 17.9 Å². The second-order valence-corrected chi connectivity index (χ2v) is 8.99. The van der Waals surface area contributed by atoms with Crippen LogP contribution in [0.3, 0.4) is 0 Å². The Morgan fingerprint density at radius 1 is 1.06 bits per heavy atom. The third-order valence-corrected chi connectivity index (χ3v) is 6.51. The maximum absolute atomic E-state index is 11.7. The van der Waals surface area contributed by atoms with Crippen LogP contribution in [-0.4, -0.2) is 61.4 Å². The predicted octanol–water partition coefficient (Wildman–Crippen LogP) is 3.99. The number of benzene rings is 1. The molecule has 1 amide bonds. The van der Waals surface area contributed by atoms with Gasteiger partial charge < -0.3 is 15.5 Å². The zero-order chi connectivity index (χ0) is 21.9. The van der Waals surface area contributed by atoms with E-state index in [9.17, 15) is 4.79 Å². The van der Waals surface area contributed by atoms with Crippen molar-refractivity contribution in [2.45, 2.75) is 65.0 Å². The van der Waals surface area contributed by atoms with E-state index in [0.717, 1.165) is 45.0 Å². The number of likely N-dealkylation sites (tertiary alicyclic amines) is 2. The molecule has 0 unspecified atom stereocenters. The van der Waals surface area contributed by atoms with Crippen LogP contribution in [0.1, 0.15) is 63.0 Å². The molecule has 180 valence electrons. The van der Waals surface area contributed by atoms with Crippen LogP contribution in [0.4, 0.5) is 0 Å². The van der Waals surface area contributed by atoms with Gasteiger partial charge in [0, 0.05) is 39.6 Å². The standard InChI is InChI=1S/C25H41N5O.HI/c1-3-27-25(30-15-11-21(12-16-30)18-24(31)26-2)28-19-22-9-8-10-23(17-22)20-29-13-6-4-5-7-14-29;/h8-10,17,21H,3-7,11-16,18-20H2,1-2H3,(H,26,31)(H,27,28);1H.